The van der Waals surface area contributed by atoms with E-state index in [0.29, 0.717) is 28.7 Å². The standard InChI is InChI=1S/C21H25Cl2N3O3S/c1-30(28,29)26(15-18-7-8-19(22)20(23)13-18)16-21(27)25-11-9-24(10-12-25)14-17-5-3-2-4-6-17/h2-8,13H,9-12,14-16H2,1H3. The summed E-state index contributed by atoms with van der Waals surface area (Å²) in [7, 11) is -3.57. The molecule has 2 aromatic rings. The zero-order valence-electron chi connectivity index (χ0n) is 16.8. The molecule has 1 aliphatic rings. The quantitative estimate of drug-likeness (QED) is 0.624. The van der Waals surface area contributed by atoms with Crippen LogP contribution in [0.3, 0.4) is 0 Å². The van der Waals surface area contributed by atoms with E-state index < -0.39 is 10.0 Å². The Morgan fingerprint density at radius 3 is 2.23 bits per heavy atom. The van der Waals surface area contributed by atoms with Crippen molar-refractivity contribution in [1.29, 1.82) is 0 Å². The average molecular weight is 470 g/mol. The topological polar surface area (TPSA) is 60.9 Å². The van der Waals surface area contributed by atoms with Gasteiger partial charge in [-0.2, -0.15) is 4.31 Å². The first-order valence-corrected chi connectivity index (χ1v) is 12.3. The maximum atomic E-state index is 12.8. The van der Waals surface area contributed by atoms with E-state index in [1.807, 2.05) is 18.2 Å². The summed E-state index contributed by atoms with van der Waals surface area (Å²) in [6.07, 6.45) is 1.11. The second-order valence-corrected chi connectivity index (χ2v) is 10.2. The number of hydrogen-bond donors (Lipinski definition) is 0. The number of hydrogen-bond acceptors (Lipinski definition) is 4. The highest BCUT2D eigenvalue weighted by Crippen LogP contribution is 2.23. The third kappa shape index (κ3) is 6.43. The molecule has 0 aromatic heterocycles. The van der Waals surface area contributed by atoms with E-state index >= 15 is 0 Å². The Balaban J connectivity index is 1.57. The van der Waals surface area contributed by atoms with E-state index in [9.17, 15) is 13.2 Å². The number of nitrogens with zero attached hydrogens (tertiary/aromatic N) is 3. The first-order chi connectivity index (χ1) is 14.2. The lowest BCUT2D eigenvalue weighted by atomic mass is 10.2. The van der Waals surface area contributed by atoms with Gasteiger partial charge in [0.15, 0.2) is 0 Å². The van der Waals surface area contributed by atoms with Crippen LogP contribution in [0.4, 0.5) is 0 Å². The van der Waals surface area contributed by atoms with Crippen LogP contribution < -0.4 is 0 Å². The minimum Gasteiger partial charge on any atom is -0.339 e. The minimum absolute atomic E-state index is 0.0649. The number of amides is 1. The van der Waals surface area contributed by atoms with Crippen molar-refractivity contribution in [1.82, 2.24) is 14.1 Å². The first-order valence-electron chi connectivity index (χ1n) is 9.65. The lowest BCUT2D eigenvalue weighted by molar-refractivity contribution is -0.133. The molecule has 162 valence electrons. The molecule has 1 heterocycles. The second-order valence-electron chi connectivity index (χ2n) is 7.42. The highest BCUT2D eigenvalue weighted by molar-refractivity contribution is 7.88. The monoisotopic (exact) mass is 469 g/mol. The van der Waals surface area contributed by atoms with Gasteiger partial charge < -0.3 is 4.90 Å². The maximum absolute atomic E-state index is 12.8. The van der Waals surface area contributed by atoms with Crippen LogP contribution in [-0.2, 0) is 27.9 Å². The number of piperazine rings is 1. The molecule has 1 fully saturated rings. The van der Waals surface area contributed by atoms with E-state index in [1.165, 1.54) is 9.87 Å². The van der Waals surface area contributed by atoms with Gasteiger partial charge in [0.2, 0.25) is 15.9 Å². The number of carbonyl (C=O) groups excluding carboxylic acids is 1. The van der Waals surface area contributed by atoms with Gasteiger partial charge in [0.05, 0.1) is 22.8 Å². The summed E-state index contributed by atoms with van der Waals surface area (Å²) >= 11 is 12.0. The largest absolute Gasteiger partial charge is 0.339 e. The van der Waals surface area contributed by atoms with Crippen molar-refractivity contribution in [3.8, 4) is 0 Å². The van der Waals surface area contributed by atoms with E-state index in [-0.39, 0.29) is 19.0 Å². The molecule has 0 atom stereocenters. The van der Waals surface area contributed by atoms with Crippen LogP contribution in [-0.4, -0.2) is 67.4 Å². The maximum Gasteiger partial charge on any atom is 0.237 e. The highest BCUT2D eigenvalue weighted by Gasteiger charge is 2.26. The van der Waals surface area contributed by atoms with Crippen molar-refractivity contribution in [3.05, 3.63) is 69.7 Å². The van der Waals surface area contributed by atoms with Crippen molar-refractivity contribution in [2.45, 2.75) is 13.1 Å². The van der Waals surface area contributed by atoms with Crippen LogP contribution in [0.5, 0.6) is 0 Å². The molecule has 9 heteroatoms. The molecule has 0 saturated carbocycles. The molecular weight excluding hydrogens is 445 g/mol. The molecule has 0 spiro atoms. The van der Waals surface area contributed by atoms with Gasteiger partial charge in [-0.1, -0.05) is 59.6 Å². The molecule has 1 aliphatic heterocycles. The molecule has 0 aliphatic carbocycles. The Hall–Kier alpha value is -1.64. The molecular formula is C21H25Cl2N3O3S. The number of benzene rings is 2. The van der Waals surface area contributed by atoms with Gasteiger partial charge in [-0.25, -0.2) is 8.42 Å². The van der Waals surface area contributed by atoms with Gasteiger partial charge in [-0.05, 0) is 23.3 Å². The van der Waals surface area contributed by atoms with E-state index in [4.69, 9.17) is 23.2 Å². The number of sulfonamides is 1. The van der Waals surface area contributed by atoms with Gasteiger partial charge in [-0.3, -0.25) is 9.69 Å². The molecule has 0 radical (unpaired) electrons. The van der Waals surface area contributed by atoms with Gasteiger partial charge in [0, 0.05) is 39.3 Å². The molecule has 0 N–H and O–H groups in total. The first kappa shape index (κ1) is 23.0. The number of carbonyl (C=O) groups is 1. The van der Waals surface area contributed by atoms with E-state index in [1.54, 1.807) is 23.1 Å². The highest BCUT2D eigenvalue weighted by atomic mass is 35.5. The molecule has 2 aromatic carbocycles. The Kier molecular flexibility index (Phi) is 7.76. The van der Waals surface area contributed by atoms with Crippen LogP contribution in [0, 0.1) is 0 Å². The molecule has 30 heavy (non-hydrogen) atoms. The molecule has 1 saturated heterocycles. The van der Waals surface area contributed by atoms with Gasteiger partial charge in [0.1, 0.15) is 0 Å². The Bertz CT molecular complexity index is 978. The van der Waals surface area contributed by atoms with Gasteiger partial charge in [0.25, 0.3) is 0 Å². The summed E-state index contributed by atoms with van der Waals surface area (Å²) in [5, 5.41) is 0.749. The zero-order valence-corrected chi connectivity index (χ0v) is 19.1. The summed E-state index contributed by atoms with van der Waals surface area (Å²) in [6.45, 7) is 3.38. The fraction of sp³-hybridized carbons (Fsp3) is 0.381. The second kappa shape index (κ2) is 10.1. The minimum atomic E-state index is -3.57. The predicted molar refractivity (Wildman–Crippen MR) is 120 cm³/mol. The normalized spacial score (nSPS) is 15.5. The van der Waals surface area contributed by atoms with Crippen LogP contribution in [0.15, 0.2) is 48.5 Å². The summed E-state index contributed by atoms with van der Waals surface area (Å²) < 4.78 is 25.7. The Morgan fingerprint density at radius 1 is 0.967 bits per heavy atom. The SMILES string of the molecule is CS(=O)(=O)N(CC(=O)N1CCN(Cc2ccccc2)CC1)Cc1ccc(Cl)c(Cl)c1. The van der Waals surface area contributed by atoms with Crippen molar-refractivity contribution in [3.63, 3.8) is 0 Å². The van der Waals surface area contributed by atoms with E-state index in [0.717, 1.165) is 25.9 Å². The van der Waals surface area contributed by atoms with Crippen LogP contribution in [0.1, 0.15) is 11.1 Å². The molecule has 0 unspecified atom stereocenters. The lowest BCUT2D eigenvalue weighted by Crippen LogP contribution is -2.51. The fourth-order valence-electron chi connectivity index (χ4n) is 3.38. The molecule has 6 nitrogen and oxygen atoms in total. The van der Waals surface area contributed by atoms with Crippen LogP contribution in [0.25, 0.3) is 0 Å². The average Bonchev–Trinajstić information content (AvgIpc) is 2.71. The smallest absolute Gasteiger partial charge is 0.237 e. The third-order valence-corrected chi connectivity index (χ3v) is 7.03. The van der Waals surface area contributed by atoms with Crippen molar-refractivity contribution in [2.75, 3.05) is 39.0 Å². The summed E-state index contributed by atoms with van der Waals surface area (Å²) in [5.41, 5.74) is 1.91. The number of halogens is 2. The van der Waals surface area contributed by atoms with Crippen molar-refractivity contribution in [2.24, 2.45) is 0 Å². The molecule has 0 bridgehead atoms. The molecule has 1 amide bonds. The van der Waals surface area contributed by atoms with E-state index in [2.05, 4.69) is 17.0 Å². The van der Waals surface area contributed by atoms with Gasteiger partial charge in [-0.15, -0.1) is 0 Å². The van der Waals surface area contributed by atoms with Crippen LogP contribution in [0.2, 0.25) is 10.0 Å². The predicted octanol–water partition coefficient (Wildman–Crippen LogP) is 3.10. The zero-order chi connectivity index (χ0) is 21.7. The summed E-state index contributed by atoms with van der Waals surface area (Å²) in [6, 6.07) is 15.1. The van der Waals surface area contributed by atoms with Crippen molar-refractivity contribution < 1.29 is 13.2 Å². The Morgan fingerprint density at radius 2 is 1.63 bits per heavy atom. The fourth-order valence-corrected chi connectivity index (χ4v) is 4.43. The third-order valence-electron chi connectivity index (χ3n) is 5.10. The number of rotatable bonds is 7. The molecule has 3 rings (SSSR count). The van der Waals surface area contributed by atoms with Crippen LogP contribution >= 0.6 is 23.2 Å². The van der Waals surface area contributed by atoms with Crippen molar-refractivity contribution >= 4 is 39.1 Å². The van der Waals surface area contributed by atoms with Gasteiger partial charge >= 0.3 is 0 Å². The Labute approximate surface area is 188 Å². The lowest BCUT2D eigenvalue weighted by Gasteiger charge is -2.35. The summed E-state index contributed by atoms with van der Waals surface area (Å²) in [4.78, 5) is 16.8. The summed E-state index contributed by atoms with van der Waals surface area (Å²) in [5.74, 6) is -0.195.